The summed E-state index contributed by atoms with van der Waals surface area (Å²) in [5.41, 5.74) is 0.0655. The number of aromatic nitrogens is 2. The van der Waals surface area contributed by atoms with Gasteiger partial charge in [0, 0.05) is 13.4 Å². The summed E-state index contributed by atoms with van der Waals surface area (Å²) in [6, 6.07) is 3.53. The van der Waals surface area contributed by atoms with E-state index in [0.717, 1.165) is 12.3 Å². The van der Waals surface area contributed by atoms with Crippen molar-refractivity contribution >= 4 is 9.84 Å². The fourth-order valence-electron chi connectivity index (χ4n) is 1.52. The molecule has 8 heteroatoms. The van der Waals surface area contributed by atoms with Crippen LogP contribution in [0.15, 0.2) is 27.6 Å². The first-order valence-corrected chi connectivity index (χ1v) is 7.58. The Bertz CT molecular complexity index is 727. The van der Waals surface area contributed by atoms with Crippen molar-refractivity contribution in [2.75, 3.05) is 13.4 Å². The van der Waals surface area contributed by atoms with Crippen LogP contribution < -0.4 is 0 Å². The van der Waals surface area contributed by atoms with Crippen molar-refractivity contribution in [2.45, 2.75) is 17.9 Å². The van der Waals surface area contributed by atoms with Crippen LogP contribution in [0.1, 0.15) is 18.9 Å². The highest BCUT2D eigenvalue weighted by Gasteiger charge is 2.18. The van der Waals surface area contributed by atoms with Crippen molar-refractivity contribution in [1.82, 2.24) is 10.1 Å². The maximum absolute atomic E-state index is 13.9. The lowest BCUT2D eigenvalue weighted by atomic mass is 10.2. The zero-order valence-electron chi connectivity index (χ0n) is 11.1. The third kappa shape index (κ3) is 2.86. The molecule has 0 fully saturated rings. The van der Waals surface area contributed by atoms with Crippen LogP contribution in [-0.4, -0.2) is 31.9 Å². The molecule has 0 spiro atoms. The van der Waals surface area contributed by atoms with Crippen LogP contribution >= 0.6 is 0 Å². The molecule has 0 aliphatic carbocycles. The summed E-state index contributed by atoms with van der Waals surface area (Å²) in [5, 5.41) is 3.65. The van der Waals surface area contributed by atoms with E-state index in [1.54, 1.807) is 6.92 Å². The van der Waals surface area contributed by atoms with Gasteiger partial charge in [-0.3, -0.25) is 0 Å². The predicted molar refractivity (Wildman–Crippen MR) is 68.2 cm³/mol. The van der Waals surface area contributed by atoms with Crippen LogP contribution in [-0.2, 0) is 14.6 Å². The summed E-state index contributed by atoms with van der Waals surface area (Å²) >= 11 is 0. The fourth-order valence-corrected chi connectivity index (χ4v) is 2.15. The van der Waals surface area contributed by atoms with Crippen molar-refractivity contribution in [1.29, 1.82) is 0 Å². The van der Waals surface area contributed by atoms with Gasteiger partial charge in [0.25, 0.3) is 5.89 Å². The van der Waals surface area contributed by atoms with Crippen LogP contribution in [0.5, 0.6) is 0 Å². The fraction of sp³-hybridized carbons (Fsp3) is 0.333. The molecule has 1 heterocycles. The van der Waals surface area contributed by atoms with Gasteiger partial charge in [-0.1, -0.05) is 5.16 Å². The Hall–Kier alpha value is -1.80. The maximum Gasteiger partial charge on any atom is 0.255 e. The highest BCUT2D eigenvalue weighted by Crippen LogP contribution is 2.24. The summed E-state index contributed by atoms with van der Waals surface area (Å²) in [7, 11) is -1.98. The number of ether oxygens (including phenoxy) is 1. The minimum atomic E-state index is -3.46. The number of benzene rings is 1. The quantitative estimate of drug-likeness (QED) is 0.858. The van der Waals surface area contributed by atoms with Crippen LogP contribution in [0, 0.1) is 5.82 Å². The van der Waals surface area contributed by atoms with Crippen LogP contribution in [0.2, 0.25) is 0 Å². The van der Waals surface area contributed by atoms with Crippen molar-refractivity contribution in [3.05, 3.63) is 29.9 Å². The summed E-state index contributed by atoms with van der Waals surface area (Å²) in [4.78, 5) is 3.91. The minimum absolute atomic E-state index is 0.0430. The zero-order chi connectivity index (χ0) is 14.9. The van der Waals surface area contributed by atoms with Crippen molar-refractivity contribution in [3.63, 3.8) is 0 Å². The first kappa shape index (κ1) is 14.6. The lowest BCUT2D eigenvalue weighted by molar-refractivity contribution is 0.0886. The van der Waals surface area contributed by atoms with Gasteiger partial charge in [-0.15, -0.1) is 0 Å². The van der Waals surface area contributed by atoms with Crippen molar-refractivity contribution in [3.8, 4) is 11.4 Å². The molecule has 1 atom stereocenters. The molecule has 0 saturated carbocycles. The summed E-state index contributed by atoms with van der Waals surface area (Å²) in [5.74, 6) is -0.471. The summed E-state index contributed by atoms with van der Waals surface area (Å²) < 4.78 is 46.6. The molecule has 108 valence electrons. The van der Waals surface area contributed by atoms with E-state index in [-0.39, 0.29) is 22.2 Å². The molecule has 1 aromatic carbocycles. The van der Waals surface area contributed by atoms with Crippen molar-refractivity contribution in [2.24, 2.45) is 0 Å². The predicted octanol–water partition coefficient (Wildman–Crippen LogP) is 1.99. The third-order valence-electron chi connectivity index (χ3n) is 2.75. The second kappa shape index (κ2) is 5.29. The molecule has 0 bridgehead atoms. The Kier molecular flexibility index (Phi) is 3.87. The number of halogens is 1. The number of sulfone groups is 1. The van der Waals surface area contributed by atoms with Gasteiger partial charge < -0.3 is 9.26 Å². The molecule has 0 radical (unpaired) electrons. The Balaban J connectivity index is 2.41. The van der Waals surface area contributed by atoms with Gasteiger partial charge in [0.2, 0.25) is 5.82 Å². The van der Waals surface area contributed by atoms with E-state index in [4.69, 9.17) is 9.26 Å². The smallest absolute Gasteiger partial charge is 0.255 e. The Morgan fingerprint density at radius 3 is 2.65 bits per heavy atom. The highest BCUT2D eigenvalue weighted by molar-refractivity contribution is 7.90. The largest absolute Gasteiger partial charge is 0.372 e. The van der Waals surface area contributed by atoms with E-state index in [1.807, 2.05) is 0 Å². The average Bonchev–Trinajstić information content (AvgIpc) is 2.86. The topological polar surface area (TPSA) is 82.3 Å². The molecule has 0 N–H and O–H groups in total. The summed E-state index contributed by atoms with van der Waals surface area (Å²) in [6.45, 7) is 1.71. The first-order chi connectivity index (χ1) is 9.32. The molecule has 0 amide bonds. The molecule has 1 aromatic heterocycles. The van der Waals surface area contributed by atoms with Gasteiger partial charge in [-0.25, -0.2) is 12.8 Å². The number of nitrogens with zero attached hydrogens (tertiary/aromatic N) is 2. The van der Waals surface area contributed by atoms with Gasteiger partial charge >= 0.3 is 0 Å². The molecule has 20 heavy (non-hydrogen) atoms. The lowest BCUT2D eigenvalue weighted by Gasteiger charge is -2.02. The molecule has 0 saturated heterocycles. The first-order valence-electron chi connectivity index (χ1n) is 5.69. The molecule has 2 aromatic rings. The van der Waals surface area contributed by atoms with E-state index >= 15 is 0 Å². The van der Waals surface area contributed by atoms with Gasteiger partial charge in [0.05, 0.1) is 10.5 Å². The van der Waals surface area contributed by atoms with E-state index in [2.05, 4.69) is 10.1 Å². The zero-order valence-corrected chi connectivity index (χ0v) is 11.9. The molecular formula is C12H13FN2O4S. The van der Waals surface area contributed by atoms with Crippen LogP contribution in [0.4, 0.5) is 4.39 Å². The van der Waals surface area contributed by atoms with Crippen molar-refractivity contribution < 1.29 is 22.1 Å². The normalized spacial score (nSPS) is 13.4. The molecular weight excluding hydrogens is 287 g/mol. The van der Waals surface area contributed by atoms with E-state index < -0.39 is 21.8 Å². The molecule has 6 nitrogen and oxygen atoms in total. The number of rotatable bonds is 4. The minimum Gasteiger partial charge on any atom is -0.372 e. The van der Waals surface area contributed by atoms with Crippen LogP contribution in [0.3, 0.4) is 0 Å². The Morgan fingerprint density at radius 1 is 1.40 bits per heavy atom. The maximum atomic E-state index is 13.9. The monoisotopic (exact) mass is 300 g/mol. The van der Waals surface area contributed by atoms with E-state index in [0.29, 0.717) is 0 Å². The second-order valence-electron chi connectivity index (χ2n) is 4.25. The molecule has 2 rings (SSSR count). The Morgan fingerprint density at radius 2 is 2.10 bits per heavy atom. The van der Waals surface area contributed by atoms with Gasteiger partial charge in [-0.2, -0.15) is 4.98 Å². The van der Waals surface area contributed by atoms with Crippen LogP contribution in [0.25, 0.3) is 11.4 Å². The highest BCUT2D eigenvalue weighted by atomic mass is 32.2. The van der Waals surface area contributed by atoms with E-state index in [1.165, 1.54) is 19.2 Å². The SMILES string of the molecule is COC(C)c1nc(-c2ccc(S(C)(=O)=O)cc2F)no1. The van der Waals surface area contributed by atoms with Gasteiger partial charge in [0.15, 0.2) is 9.84 Å². The van der Waals surface area contributed by atoms with Gasteiger partial charge in [0.1, 0.15) is 11.9 Å². The third-order valence-corrected chi connectivity index (χ3v) is 3.86. The molecule has 0 aliphatic heterocycles. The van der Waals surface area contributed by atoms with E-state index in [9.17, 15) is 12.8 Å². The average molecular weight is 300 g/mol. The number of hydrogen-bond acceptors (Lipinski definition) is 6. The van der Waals surface area contributed by atoms with Gasteiger partial charge in [-0.05, 0) is 25.1 Å². The lowest BCUT2D eigenvalue weighted by Crippen LogP contribution is -1.99. The molecule has 1 unspecified atom stereocenters. The number of hydrogen-bond donors (Lipinski definition) is 0. The second-order valence-corrected chi connectivity index (χ2v) is 6.26. The standard InChI is InChI=1S/C12H13FN2O4S/c1-7(18-2)12-14-11(15-19-12)9-5-4-8(6-10(9)13)20(3,16)17/h4-7H,1-3H3. The Labute approximate surface area is 115 Å². The number of methoxy groups -OCH3 is 1. The summed E-state index contributed by atoms with van der Waals surface area (Å²) in [6.07, 6.45) is 0.600. The molecule has 0 aliphatic rings.